The van der Waals surface area contributed by atoms with Gasteiger partial charge in [-0.3, -0.25) is 4.79 Å². The Labute approximate surface area is 199 Å². The molecule has 2 atom stereocenters. The fraction of sp³-hybridized carbons (Fsp3) is 0.333. The number of halogens is 1. The van der Waals surface area contributed by atoms with E-state index in [0.717, 1.165) is 14.8 Å². The molecule has 4 rings (SSSR count). The second-order valence-electron chi connectivity index (χ2n) is 7.30. The monoisotopic (exact) mass is 572 g/mol. The fourth-order valence-electron chi connectivity index (χ4n) is 3.80. The summed E-state index contributed by atoms with van der Waals surface area (Å²) in [4.78, 5) is 19.1. The van der Waals surface area contributed by atoms with Crippen molar-refractivity contribution < 1.29 is 22.7 Å². The van der Waals surface area contributed by atoms with E-state index in [1.807, 2.05) is 29.2 Å². The number of nitrogens with zero attached hydrogens (tertiary/aromatic N) is 2. The summed E-state index contributed by atoms with van der Waals surface area (Å²) in [6, 6.07) is 12.9. The van der Waals surface area contributed by atoms with E-state index in [1.54, 1.807) is 32.4 Å². The number of sulfone groups is 1. The number of amides is 1. The van der Waals surface area contributed by atoms with Gasteiger partial charge in [-0.15, -0.1) is 0 Å². The van der Waals surface area contributed by atoms with Gasteiger partial charge in [-0.05, 0) is 58.5 Å². The predicted octanol–water partition coefficient (Wildman–Crippen LogP) is 3.15. The van der Waals surface area contributed by atoms with Gasteiger partial charge in [-0.2, -0.15) is 4.99 Å². The SMILES string of the molecule is COc1ccc(CC(=O)N=C2S[C@H]3CS(=O)(=O)C[C@H]3N2c2cccc(I)c2)cc1OC. The minimum atomic E-state index is -3.10. The van der Waals surface area contributed by atoms with Crippen molar-refractivity contribution in [1.82, 2.24) is 0 Å². The lowest BCUT2D eigenvalue weighted by Gasteiger charge is -2.24. The number of ether oxygens (including phenoxy) is 2. The molecule has 0 saturated carbocycles. The number of carbonyl (C=O) groups is 1. The van der Waals surface area contributed by atoms with Gasteiger partial charge in [0.25, 0.3) is 5.91 Å². The standard InChI is InChI=1S/C21H21IN2O5S2/c1-28-17-7-6-13(8-18(17)29-2)9-20(25)23-21-24(15-5-3-4-14(22)10-15)16-11-31(26,27)12-19(16)30-21/h3-8,10,16,19H,9,11-12H2,1-2H3/t16-,19+/m1/s1. The van der Waals surface area contributed by atoms with E-state index in [2.05, 4.69) is 27.6 Å². The number of rotatable bonds is 5. The first kappa shape index (κ1) is 22.4. The number of benzene rings is 2. The maximum absolute atomic E-state index is 12.8. The molecule has 2 aliphatic heterocycles. The Morgan fingerprint density at radius 2 is 1.94 bits per heavy atom. The Morgan fingerprint density at radius 3 is 2.65 bits per heavy atom. The quantitative estimate of drug-likeness (QED) is 0.509. The van der Waals surface area contributed by atoms with Crippen LogP contribution < -0.4 is 14.4 Å². The Kier molecular flexibility index (Phi) is 6.50. The molecule has 0 aliphatic carbocycles. The maximum atomic E-state index is 12.8. The van der Waals surface area contributed by atoms with Crippen molar-refractivity contribution in [2.75, 3.05) is 30.6 Å². The summed E-state index contributed by atoms with van der Waals surface area (Å²) in [5.41, 5.74) is 1.61. The Morgan fingerprint density at radius 1 is 1.16 bits per heavy atom. The van der Waals surface area contributed by atoms with Crippen LogP contribution in [0, 0.1) is 3.57 Å². The smallest absolute Gasteiger partial charge is 0.252 e. The zero-order valence-corrected chi connectivity index (χ0v) is 20.7. The Balaban J connectivity index is 1.61. The van der Waals surface area contributed by atoms with Crippen LogP contribution in [0.25, 0.3) is 0 Å². The van der Waals surface area contributed by atoms with Crippen LogP contribution >= 0.6 is 34.4 Å². The molecular weight excluding hydrogens is 551 g/mol. The van der Waals surface area contributed by atoms with Gasteiger partial charge in [0, 0.05) is 14.5 Å². The molecule has 0 spiro atoms. The van der Waals surface area contributed by atoms with Gasteiger partial charge < -0.3 is 14.4 Å². The van der Waals surface area contributed by atoms with Crippen LogP contribution in [0.5, 0.6) is 11.5 Å². The third kappa shape index (κ3) is 4.85. The minimum Gasteiger partial charge on any atom is -0.493 e. The third-order valence-corrected chi connectivity index (χ3v) is 9.06. The van der Waals surface area contributed by atoms with Crippen molar-refractivity contribution in [3.8, 4) is 11.5 Å². The summed E-state index contributed by atoms with van der Waals surface area (Å²) in [6.07, 6.45) is 0.109. The van der Waals surface area contributed by atoms with Crippen molar-refractivity contribution in [3.63, 3.8) is 0 Å². The first-order valence-electron chi connectivity index (χ1n) is 9.54. The number of hydrogen-bond donors (Lipinski definition) is 0. The second kappa shape index (κ2) is 8.99. The Bertz CT molecular complexity index is 1150. The highest BCUT2D eigenvalue weighted by molar-refractivity contribution is 14.1. The number of carbonyl (C=O) groups excluding carboxylic acids is 1. The Hall–Kier alpha value is -1.79. The van der Waals surface area contributed by atoms with E-state index < -0.39 is 9.84 Å². The molecule has 164 valence electrons. The maximum Gasteiger partial charge on any atom is 0.252 e. The number of anilines is 1. The lowest BCUT2D eigenvalue weighted by Crippen LogP contribution is -2.37. The molecule has 31 heavy (non-hydrogen) atoms. The number of hydrogen-bond acceptors (Lipinski definition) is 6. The van der Waals surface area contributed by atoms with Crippen molar-refractivity contribution in [1.29, 1.82) is 0 Å². The largest absolute Gasteiger partial charge is 0.493 e. The number of methoxy groups -OCH3 is 2. The van der Waals surface area contributed by atoms with Gasteiger partial charge in [-0.1, -0.05) is 23.9 Å². The van der Waals surface area contributed by atoms with Crippen LogP contribution in [0.15, 0.2) is 47.5 Å². The lowest BCUT2D eigenvalue weighted by molar-refractivity contribution is -0.117. The van der Waals surface area contributed by atoms with E-state index >= 15 is 0 Å². The van der Waals surface area contributed by atoms with Crippen molar-refractivity contribution in [2.45, 2.75) is 17.7 Å². The highest BCUT2D eigenvalue weighted by Crippen LogP contribution is 2.41. The molecule has 10 heteroatoms. The molecule has 2 saturated heterocycles. The van der Waals surface area contributed by atoms with Crippen molar-refractivity contribution in [2.24, 2.45) is 4.99 Å². The van der Waals surface area contributed by atoms with Gasteiger partial charge in [0.05, 0.1) is 38.2 Å². The molecule has 0 N–H and O–H groups in total. The van der Waals surface area contributed by atoms with Crippen LogP contribution in [0.2, 0.25) is 0 Å². The summed E-state index contributed by atoms with van der Waals surface area (Å²) >= 11 is 3.59. The zero-order chi connectivity index (χ0) is 22.2. The molecule has 2 heterocycles. The summed E-state index contributed by atoms with van der Waals surface area (Å²) < 4.78 is 36.0. The van der Waals surface area contributed by atoms with Gasteiger partial charge in [0.1, 0.15) is 0 Å². The van der Waals surface area contributed by atoms with Crippen LogP contribution in [0.1, 0.15) is 5.56 Å². The third-order valence-electron chi connectivity index (χ3n) is 5.18. The zero-order valence-electron chi connectivity index (χ0n) is 16.9. The molecule has 0 radical (unpaired) electrons. The molecule has 2 aromatic rings. The first-order valence-corrected chi connectivity index (χ1v) is 13.3. The molecular formula is C21H21IN2O5S2. The average molecular weight is 572 g/mol. The van der Waals surface area contributed by atoms with Crippen molar-refractivity contribution in [3.05, 3.63) is 51.6 Å². The second-order valence-corrected chi connectivity index (χ2v) is 11.9. The highest BCUT2D eigenvalue weighted by atomic mass is 127. The molecule has 2 fully saturated rings. The molecule has 0 unspecified atom stereocenters. The number of fused-ring (bicyclic) bond motifs is 1. The molecule has 2 aliphatic rings. The van der Waals surface area contributed by atoms with Crippen LogP contribution in [0.3, 0.4) is 0 Å². The average Bonchev–Trinajstić information content (AvgIpc) is 3.18. The summed E-state index contributed by atoms with van der Waals surface area (Å²) in [5.74, 6) is 1.02. The lowest BCUT2D eigenvalue weighted by atomic mass is 10.1. The fourth-order valence-corrected chi connectivity index (χ4v) is 8.26. The van der Waals surface area contributed by atoms with E-state index in [0.29, 0.717) is 16.7 Å². The van der Waals surface area contributed by atoms with E-state index in [-0.39, 0.29) is 35.1 Å². The molecule has 7 nitrogen and oxygen atoms in total. The van der Waals surface area contributed by atoms with Gasteiger partial charge in [-0.25, -0.2) is 8.42 Å². The highest BCUT2D eigenvalue weighted by Gasteiger charge is 2.49. The molecule has 0 bridgehead atoms. The summed E-state index contributed by atoms with van der Waals surface area (Å²) in [5, 5.41) is 0.424. The molecule has 1 amide bonds. The normalized spacial score (nSPS) is 23.1. The van der Waals surface area contributed by atoms with Crippen molar-refractivity contribution >= 4 is 61.0 Å². The summed E-state index contributed by atoms with van der Waals surface area (Å²) in [7, 11) is 0.00294. The van der Waals surface area contributed by atoms with E-state index in [1.165, 1.54) is 11.8 Å². The minimum absolute atomic E-state index is 0.0685. The van der Waals surface area contributed by atoms with Gasteiger partial charge in [0.2, 0.25) is 0 Å². The summed E-state index contributed by atoms with van der Waals surface area (Å²) in [6.45, 7) is 0. The van der Waals surface area contributed by atoms with E-state index in [4.69, 9.17) is 9.47 Å². The number of thioether (sulfide) groups is 1. The van der Waals surface area contributed by atoms with Crippen LogP contribution in [-0.2, 0) is 21.1 Å². The molecule has 0 aromatic heterocycles. The van der Waals surface area contributed by atoms with Gasteiger partial charge in [0.15, 0.2) is 26.5 Å². The number of amidine groups is 1. The van der Waals surface area contributed by atoms with Crippen LogP contribution in [-0.4, -0.2) is 56.5 Å². The predicted molar refractivity (Wildman–Crippen MR) is 131 cm³/mol. The van der Waals surface area contributed by atoms with Gasteiger partial charge >= 0.3 is 0 Å². The molecule has 2 aromatic carbocycles. The van der Waals surface area contributed by atoms with E-state index in [9.17, 15) is 13.2 Å². The topological polar surface area (TPSA) is 85.3 Å². The number of aliphatic imine (C=N–C) groups is 1. The first-order chi connectivity index (χ1) is 14.8. The van der Waals surface area contributed by atoms with Crippen LogP contribution in [0.4, 0.5) is 5.69 Å².